The van der Waals surface area contributed by atoms with E-state index >= 15 is 0 Å². The number of carbonyl (C=O) groups is 2. The summed E-state index contributed by atoms with van der Waals surface area (Å²) in [5.41, 5.74) is 1.04. The van der Waals surface area contributed by atoms with Gasteiger partial charge in [-0.1, -0.05) is 60.2 Å². The smallest absolute Gasteiger partial charge is 0.435 e. The third-order valence-electron chi connectivity index (χ3n) is 6.87. The number of aryl methyl sites for hydroxylation is 1. The molecule has 1 aromatic heterocycles. The summed E-state index contributed by atoms with van der Waals surface area (Å²) >= 11 is 0. The molecule has 4 rings (SSSR count). The molecule has 0 aliphatic heterocycles. The number of carbonyl (C=O) groups excluding carboxylic acids is 2. The van der Waals surface area contributed by atoms with Crippen LogP contribution in [0.4, 0.5) is 13.2 Å². The van der Waals surface area contributed by atoms with E-state index < -0.39 is 46.1 Å². The number of benzene rings is 3. The lowest BCUT2D eigenvalue weighted by Crippen LogP contribution is -2.50. The maximum Gasteiger partial charge on any atom is 0.435 e. The van der Waals surface area contributed by atoms with Gasteiger partial charge < -0.3 is 9.94 Å². The van der Waals surface area contributed by atoms with Crippen molar-refractivity contribution in [3.8, 4) is 16.9 Å². The Balaban J connectivity index is 1.60. The van der Waals surface area contributed by atoms with Gasteiger partial charge in [0.1, 0.15) is 0 Å². The highest BCUT2D eigenvalue weighted by Gasteiger charge is 2.36. The van der Waals surface area contributed by atoms with Gasteiger partial charge in [-0.3, -0.25) is 14.4 Å². The zero-order chi connectivity index (χ0) is 35.2. The Labute approximate surface area is 273 Å². The first-order valence-corrected chi connectivity index (χ1v) is 15.7. The van der Waals surface area contributed by atoms with E-state index in [0.717, 1.165) is 40.4 Å². The number of likely N-dealkylation sites (N-methyl/N-ethyl adjacent to an activating group) is 1. The molecule has 0 saturated carbocycles. The Hall–Kier alpha value is -5.45. The SMILES string of the molecule is CC(=O)OC(C)O/N=[N+](\[O-])N(C)[C@@H](Cc1ccccc1)C(=O)NS(=O)(=O)c1ccc(-n2nc(C(F)(F)F)cc2-c2ccc(C)cc2)cc1. The van der Waals surface area contributed by atoms with Gasteiger partial charge in [0, 0.05) is 25.8 Å². The molecule has 0 radical (unpaired) electrons. The van der Waals surface area contributed by atoms with Crippen molar-refractivity contribution in [2.45, 2.75) is 50.6 Å². The third kappa shape index (κ3) is 8.87. The highest BCUT2D eigenvalue weighted by Crippen LogP contribution is 2.33. The average Bonchev–Trinajstić information content (AvgIpc) is 3.49. The monoisotopic (exact) mass is 688 g/mol. The van der Waals surface area contributed by atoms with Gasteiger partial charge >= 0.3 is 12.1 Å². The fraction of sp³-hybridized carbons (Fsp3) is 0.258. The van der Waals surface area contributed by atoms with Crippen molar-refractivity contribution in [2.24, 2.45) is 5.28 Å². The van der Waals surface area contributed by atoms with E-state index in [1.165, 1.54) is 26.1 Å². The molecule has 1 heterocycles. The summed E-state index contributed by atoms with van der Waals surface area (Å²) in [5, 5.41) is 20.5. The number of alkyl halides is 3. The molecule has 0 saturated heterocycles. The first-order chi connectivity index (χ1) is 22.5. The molecule has 4 aromatic rings. The van der Waals surface area contributed by atoms with Crippen LogP contribution in [-0.4, -0.2) is 59.4 Å². The molecular formula is C31H31F3N6O7S. The summed E-state index contributed by atoms with van der Waals surface area (Å²) in [4.78, 5) is 28.8. The number of amides is 1. The zero-order valence-electron chi connectivity index (χ0n) is 26.1. The normalized spacial score (nSPS) is 13.4. The summed E-state index contributed by atoms with van der Waals surface area (Å²) in [6.45, 7) is 4.26. The highest BCUT2D eigenvalue weighted by atomic mass is 32.2. The molecule has 0 bridgehead atoms. The molecule has 1 amide bonds. The Kier molecular flexibility index (Phi) is 10.7. The number of nitrogens with one attached hydrogen (secondary N) is 1. The van der Waals surface area contributed by atoms with Crippen molar-refractivity contribution in [1.29, 1.82) is 0 Å². The van der Waals surface area contributed by atoms with Crippen LogP contribution < -0.4 is 4.72 Å². The van der Waals surface area contributed by atoms with E-state index in [2.05, 4.69) is 10.4 Å². The zero-order valence-corrected chi connectivity index (χ0v) is 26.9. The lowest BCUT2D eigenvalue weighted by molar-refractivity contribution is -0.712. The number of hydrogen-bond donors (Lipinski definition) is 1. The van der Waals surface area contributed by atoms with Gasteiger partial charge in [-0.15, -0.1) is 5.01 Å². The van der Waals surface area contributed by atoms with Crippen molar-refractivity contribution in [3.05, 3.63) is 107 Å². The number of halogens is 3. The van der Waals surface area contributed by atoms with Gasteiger partial charge in [0.2, 0.25) is 5.28 Å². The Morgan fingerprint density at radius 1 is 1.06 bits per heavy atom. The number of esters is 1. The minimum Gasteiger partial charge on any atom is -0.569 e. The fourth-order valence-electron chi connectivity index (χ4n) is 4.44. The van der Waals surface area contributed by atoms with E-state index in [-0.39, 0.29) is 27.7 Å². The molecule has 48 heavy (non-hydrogen) atoms. The van der Waals surface area contributed by atoms with Crippen molar-refractivity contribution >= 4 is 21.9 Å². The van der Waals surface area contributed by atoms with E-state index in [9.17, 15) is 36.4 Å². The number of nitrogens with zero attached hydrogens (tertiary/aromatic N) is 5. The predicted molar refractivity (Wildman–Crippen MR) is 164 cm³/mol. The second kappa shape index (κ2) is 14.5. The van der Waals surface area contributed by atoms with Crippen molar-refractivity contribution in [1.82, 2.24) is 19.5 Å². The van der Waals surface area contributed by atoms with Crippen LogP contribution in [0.25, 0.3) is 16.9 Å². The van der Waals surface area contributed by atoms with Crippen LogP contribution in [0.15, 0.2) is 95.1 Å². The summed E-state index contributed by atoms with van der Waals surface area (Å²) in [5.74, 6) is -1.79. The second-order valence-electron chi connectivity index (χ2n) is 10.6. The molecule has 2 atom stereocenters. The summed E-state index contributed by atoms with van der Waals surface area (Å²) in [6, 6.07) is 19.4. The topological polar surface area (TPSA) is 158 Å². The van der Waals surface area contributed by atoms with E-state index in [1.807, 2.05) is 11.6 Å². The van der Waals surface area contributed by atoms with Crippen LogP contribution in [0, 0.1) is 12.1 Å². The standard InChI is InChI=1S/C31H31F3N6O7S/c1-20-10-12-24(13-11-20)27-19-29(31(32,33)34)35-39(27)25-14-16-26(17-15-25)48(44,45)36-30(42)28(18-23-8-6-5-7-9-23)38(4)40(43)37-47-22(3)46-21(2)41/h5-17,19,22,28H,18H2,1-4H3,(H,36,42)/b40-37-/t22?,28-/m0/s1. The van der Waals surface area contributed by atoms with E-state index in [4.69, 9.17) is 9.57 Å². The predicted octanol–water partition coefficient (Wildman–Crippen LogP) is 4.93. The largest absolute Gasteiger partial charge is 0.569 e. The first-order valence-electron chi connectivity index (χ1n) is 14.2. The van der Waals surface area contributed by atoms with Gasteiger partial charge in [0.05, 0.1) is 28.3 Å². The minimum absolute atomic E-state index is 0.0977. The number of rotatable bonds is 12. The summed E-state index contributed by atoms with van der Waals surface area (Å²) in [7, 11) is -3.38. The molecular weight excluding hydrogens is 657 g/mol. The molecule has 1 unspecified atom stereocenters. The molecule has 1 N–H and O–H groups in total. The molecule has 0 fully saturated rings. The molecule has 0 spiro atoms. The Morgan fingerprint density at radius 2 is 1.69 bits per heavy atom. The maximum atomic E-state index is 13.6. The van der Waals surface area contributed by atoms with Crippen molar-refractivity contribution in [2.75, 3.05) is 7.05 Å². The van der Waals surface area contributed by atoms with Gasteiger partial charge in [0.25, 0.3) is 22.2 Å². The lowest BCUT2D eigenvalue weighted by Gasteiger charge is -2.23. The van der Waals surface area contributed by atoms with Gasteiger partial charge in [0.15, 0.2) is 11.7 Å². The van der Waals surface area contributed by atoms with Crippen LogP contribution in [-0.2, 0) is 41.8 Å². The van der Waals surface area contributed by atoms with Crippen LogP contribution >= 0.6 is 0 Å². The number of sulfonamides is 1. The van der Waals surface area contributed by atoms with Crippen molar-refractivity contribution in [3.63, 3.8) is 0 Å². The maximum absolute atomic E-state index is 13.6. The lowest BCUT2D eigenvalue weighted by atomic mass is 10.1. The minimum atomic E-state index is -4.73. The van der Waals surface area contributed by atoms with Crippen LogP contribution in [0.2, 0.25) is 0 Å². The average molecular weight is 689 g/mol. The second-order valence-corrected chi connectivity index (χ2v) is 12.2. The number of hydrogen-bond acceptors (Lipinski definition) is 9. The number of aromatic nitrogens is 2. The molecule has 3 aromatic carbocycles. The molecule has 0 aliphatic carbocycles. The fourth-order valence-corrected chi connectivity index (χ4v) is 5.46. The Morgan fingerprint density at radius 3 is 2.27 bits per heavy atom. The first kappa shape index (κ1) is 35.4. The number of ether oxygens (including phenoxy) is 1. The molecule has 17 heteroatoms. The molecule has 13 nitrogen and oxygen atoms in total. The summed E-state index contributed by atoms with van der Waals surface area (Å²) in [6.07, 6.45) is -6.10. The molecule has 254 valence electrons. The van der Waals surface area contributed by atoms with Gasteiger partial charge in [-0.25, -0.2) is 17.8 Å². The van der Waals surface area contributed by atoms with Gasteiger partial charge in [-0.05, 0) is 42.8 Å². The quantitative estimate of drug-likeness (QED) is 0.0716. The van der Waals surface area contributed by atoms with E-state index in [1.54, 1.807) is 54.6 Å². The van der Waals surface area contributed by atoms with Gasteiger partial charge in [-0.2, -0.15) is 18.3 Å². The Bertz CT molecular complexity index is 1880. The highest BCUT2D eigenvalue weighted by molar-refractivity contribution is 7.90. The van der Waals surface area contributed by atoms with E-state index in [0.29, 0.717) is 11.1 Å². The van der Waals surface area contributed by atoms with Crippen LogP contribution in [0.3, 0.4) is 0 Å². The van der Waals surface area contributed by atoms with Crippen molar-refractivity contribution < 1.29 is 45.7 Å². The van der Waals surface area contributed by atoms with Crippen LogP contribution in [0.1, 0.15) is 30.7 Å². The summed E-state index contributed by atoms with van der Waals surface area (Å²) < 4.78 is 75.1. The number of hydrazine groups is 1. The van der Waals surface area contributed by atoms with Crippen LogP contribution in [0.5, 0.6) is 0 Å². The molecule has 0 aliphatic rings. The third-order valence-corrected chi connectivity index (χ3v) is 8.23.